The number of esters is 1. The summed E-state index contributed by atoms with van der Waals surface area (Å²) in [6, 6.07) is 5.31. The summed E-state index contributed by atoms with van der Waals surface area (Å²) in [6.45, 7) is 8.36. The highest BCUT2D eigenvalue weighted by atomic mass is 16.5. The Labute approximate surface area is 265 Å². The predicted octanol–water partition coefficient (Wildman–Crippen LogP) is 7.82. The van der Waals surface area contributed by atoms with Gasteiger partial charge >= 0.3 is 5.97 Å². The number of hydrogen-bond donors (Lipinski definition) is 3. The van der Waals surface area contributed by atoms with E-state index < -0.39 is 24.4 Å². The first-order valence-electron chi connectivity index (χ1n) is 16.1. The van der Waals surface area contributed by atoms with E-state index in [1.54, 1.807) is 12.1 Å². The van der Waals surface area contributed by atoms with Crippen LogP contribution in [-0.4, -0.2) is 40.8 Å². The molecule has 0 radical (unpaired) electrons. The molecule has 0 saturated carbocycles. The number of amides is 1. The zero-order valence-corrected chi connectivity index (χ0v) is 27.2. The third kappa shape index (κ3) is 18.4. The van der Waals surface area contributed by atoms with Crippen LogP contribution in [0.5, 0.6) is 5.75 Å². The van der Waals surface area contributed by atoms with Crippen molar-refractivity contribution in [3.63, 3.8) is 0 Å². The highest BCUT2D eigenvalue weighted by Gasteiger charge is 2.28. The lowest BCUT2D eigenvalue weighted by molar-refractivity contribution is -0.143. The van der Waals surface area contributed by atoms with Crippen LogP contribution in [0, 0.1) is 5.92 Å². The molecule has 2 unspecified atom stereocenters. The van der Waals surface area contributed by atoms with Gasteiger partial charge in [0.2, 0.25) is 5.91 Å². The molecule has 7 nitrogen and oxygen atoms in total. The molecule has 0 aromatic heterocycles. The van der Waals surface area contributed by atoms with Crippen LogP contribution in [0.15, 0.2) is 85.0 Å². The number of allylic oxidation sites excluding steroid dienone is 10. The summed E-state index contributed by atoms with van der Waals surface area (Å²) in [5.41, 5.74) is 0.0785. The standard InChI is InChI=1S/C37H55NO6/c1-5-7-8-9-10-11-12-13-14-15-16-17-18-19-20-21-22-25-28-43-33(6-2)35(39)38-32(29-30(3)4)37(42)44-34-27-24-23-26-31(34)36(40)41/h7-8,10-11,13-14,16-17,19-20,23-24,26-27,30,32-33,36,40-41H,5-6,9,12,15,18,21-22,25,28-29H2,1-4H3,(H,38,39). The first-order valence-corrected chi connectivity index (χ1v) is 16.1. The number of aliphatic hydroxyl groups is 2. The Hall–Kier alpha value is -3.26. The minimum atomic E-state index is -1.78. The summed E-state index contributed by atoms with van der Waals surface area (Å²) in [6.07, 6.45) is 27.9. The smallest absolute Gasteiger partial charge is 0.334 e. The molecule has 0 heterocycles. The van der Waals surface area contributed by atoms with E-state index in [0.717, 1.165) is 51.4 Å². The second-order valence-corrected chi connectivity index (χ2v) is 11.0. The van der Waals surface area contributed by atoms with Crippen LogP contribution in [0.1, 0.15) is 104 Å². The summed E-state index contributed by atoms with van der Waals surface area (Å²) >= 11 is 0. The van der Waals surface area contributed by atoms with Gasteiger partial charge in [0, 0.05) is 6.61 Å². The van der Waals surface area contributed by atoms with E-state index in [-0.39, 0.29) is 23.1 Å². The molecular weight excluding hydrogens is 554 g/mol. The maximum absolute atomic E-state index is 13.0. The molecule has 244 valence electrons. The van der Waals surface area contributed by atoms with Gasteiger partial charge in [0.1, 0.15) is 17.9 Å². The van der Waals surface area contributed by atoms with Crippen LogP contribution in [-0.2, 0) is 14.3 Å². The number of rotatable bonds is 23. The molecule has 0 bridgehead atoms. The largest absolute Gasteiger partial charge is 0.425 e. The van der Waals surface area contributed by atoms with Crippen LogP contribution in [0.4, 0.5) is 0 Å². The van der Waals surface area contributed by atoms with Gasteiger partial charge in [-0.2, -0.15) is 0 Å². The van der Waals surface area contributed by atoms with Crippen molar-refractivity contribution in [1.82, 2.24) is 5.32 Å². The van der Waals surface area contributed by atoms with Gasteiger partial charge in [-0.1, -0.05) is 107 Å². The zero-order chi connectivity index (χ0) is 32.4. The van der Waals surface area contributed by atoms with Crippen LogP contribution >= 0.6 is 0 Å². The van der Waals surface area contributed by atoms with E-state index in [1.165, 1.54) is 12.1 Å². The number of carbonyl (C=O) groups is 2. The molecule has 0 saturated heterocycles. The molecule has 7 heteroatoms. The van der Waals surface area contributed by atoms with E-state index in [1.807, 2.05) is 20.8 Å². The number of nitrogens with one attached hydrogen (secondary N) is 1. The molecule has 1 amide bonds. The lowest BCUT2D eigenvalue weighted by atomic mass is 10.0. The Morgan fingerprint density at radius 1 is 0.818 bits per heavy atom. The number of unbranched alkanes of at least 4 members (excludes halogenated alkanes) is 2. The quantitative estimate of drug-likeness (QED) is 0.0384. The van der Waals surface area contributed by atoms with Crippen LogP contribution in [0.3, 0.4) is 0 Å². The Bertz CT molecular complexity index is 1070. The number of hydrogen-bond acceptors (Lipinski definition) is 6. The molecule has 44 heavy (non-hydrogen) atoms. The normalized spacial score (nSPS) is 13.8. The number of carbonyl (C=O) groups excluding carboxylic acids is 2. The summed E-state index contributed by atoms with van der Waals surface area (Å²) in [5.74, 6) is -0.856. The van der Waals surface area contributed by atoms with Gasteiger partial charge < -0.3 is 25.0 Å². The van der Waals surface area contributed by atoms with Gasteiger partial charge in [0.25, 0.3) is 0 Å². The van der Waals surface area contributed by atoms with Crippen molar-refractivity contribution in [3.05, 3.63) is 90.6 Å². The van der Waals surface area contributed by atoms with Gasteiger partial charge in [-0.15, -0.1) is 0 Å². The molecule has 1 aromatic rings. The Kier molecular flexibility index (Phi) is 22.1. The summed E-state index contributed by atoms with van der Waals surface area (Å²) < 4.78 is 11.3. The lowest BCUT2D eigenvalue weighted by Crippen LogP contribution is -2.48. The fraction of sp³-hybridized carbons (Fsp3) is 0.514. The van der Waals surface area contributed by atoms with Gasteiger partial charge in [-0.05, 0) is 76.2 Å². The number of para-hydroxylation sites is 1. The van der Waals surface area contributed by atoms with Gasteiger partial charge in [0.05, 0.1) is 5.56 Å². The van der Waals surface area contributed by atoms with Crippen molar-refractivity contribution in [3.8, 4) is 5.75 Å². The number of aliphatic hydroxyl groups excluding tert-OH is 1. The van der Waals surface area contributed by atoms with E-state index in [2.05, 4.69) is 73.0 Å². The maximum Gasteiger partial charge on any atom is 0.334 e. The van der Waals surface area contributed by atoms with Crippen molar-refractivity contribution in [2.75, 3.05) is 6.61 Å². The zero-order valence-electron chi connectivity index (χ0n) is 27.2. The van der Waals surface area contributed by atoms with E-state index in [9.17, 15) is 19.8 Å². The maximum atomic E-state index is 13.0. The van der Waals surface area contributed by atoms with Crippen molar-refractivity contribution < 1.29 is 29.3 Å². The second-order valence-electron chi connectivity index (χ2n) is 11.0. The van der Waals surface area contributed by atoms with Crippen molar-refractivity contribution in [2.24, 2.45) is 5.92 Å². The molecule has 1 aromatic carbocycles. The first-order chi connectivity index (χ1) is 21.3. The first kappa shape index (κ1) is 38.8. The van der Waals surface area contributed by atoms with E-state index >= 15 is 0 Å². The van der Waals surface area contributed by atoms with Crippen molar-refractivity contribution in [2.45, 2.75) is 110 Å². The van der Waals surface area contributed by atoms with Gasteiger partial charge in [-0.25, -0.2) is 4.79 Å². The molecule has 1 rings (SSSR count). The minimum Gasteiger partial charge on any atom is -0.425 e. The van der Waals surface area contributed by atoms with Crippen molar-refractivity contribution >= 4 is 11.9 Å². The van der Waals surface area contributed by atoms with Crippen molar-refractivity contribution in [1.29, 1.82) is 0 Å². The van der Waals surface area contributed by atoms with Crippen LogP contribution < -0.4 is 10.1 Å². The van der Waals surface area contributed by atoms with Gasteiger partial charge in [-0.3, -0.25) is 4.79 Å². The molecule has 0 aliphatic rings. The van der Waals surface area contributed by atoms with E-state index in [0.29, 0.717) is 19.4 Å². The highest BCUT2D eigenvalue weighted by Crippen LogP contribution is 2.24. The summed E-state index contributed by atoms with van der Waals surface area (Å²) in [7, 11) is 0. The lowest BCUT2D eigenvalue weighted by Gasteiger charge is -2.23. The fourth-order valence-corrected chi connectivity index (χ4v) is 4.25. The average molecular weight is 610 g/mol. The molecule has 0 aliphatic heterocycles. The highest BCUT2D eigenvalue weighted by molar-refractivity contribution is 5.87. The average Bonchev–Trinajstić information content (AvgIpc) is 2.99. The fourth-order valence-electron chi connectivity index (χ4n) is 4.25. The molecular formula is C37H55NO6. The third-order valence-corrected chi connectivity index (χ3v) is 6.62. The molecule has 2 atom stereocenters. The topological polar surface area (TPSA) is 105 Å². The molecule has 0 spiro atoms. The van der Waals surface area contributed by atoms with Gasteiger partial charge in [0.15, 0.2) is 6.29 Å². The molecule has 0 aliphatic carbocycles. The summed E-state index contributed by atoms with van der Waals surface area (Å²) in [4.78, 5) is 25.9. The third-order valence-electron chi connectivity index (χ3n) is 6.62. The summed E-state index contributed by atoms with van der Waals surface area (Å²) in [5, 5.41) is 21.9. The molecule has 3 N–H and O–H groups in total. The minimum absolute atomic E-state index is 0.0475. The van der Waals surface area contributed by atoms with Crippen LogP contribution in [0.25, 0.3) is 0 Å². The monoisotopic (exact) mass is 609 g/mol. The SMILES string of the molecule is CCC=CCC=CCC=CCC=CCC=CCCCCOC(CC)C(=O)NC(CC(C)C)C(=O)Oc1ccccc1C(O)O. The Morgan fingerprint density at radius 2 is 1.39 bits per heavy atom. The number of ether oxygens (including phenoxy) is 2. The van der Waals surface area contributed by atoms with E-state index in [4.69, 9.17) is 9.47 Å². The van der Waals surface area contributed by atoms with Crippen LogP contribution in [0.2, 0.25) is 0 Å². The Balaban J connectivity index is 2.35. The Morgan fingerprint density at radius 3 is 1.93 bits per heavy atom. The number of benzene rings is 1. The predicted molar refractivity (Wildman–Crippen MR) is 179 cm³/mol. The second kappa shape index (κ2) is 25.1. The molecule has 0 fully saturated rings.